The molecule has 224 valence electrons. The van der Waals surface area contributed by atoms with Gasteiger partial charge in [-0.2, -0.15) is 0 Å². The van der Waals surface area contributed by atoms with E-state index in [1.807, 2.05) is 72.0 Å². The summed E-state index contributed by atoms with van der Waals surface area (Å²) in [5.41, 5.74) is 6.79. The number of aromatic nitrogens is 3. The van der Waals surface area contributed by atoms with Crippen LogP contribution in [-0.2, 0) is 0 Å². The molecule has 0 atom stereocenters. The van der Waals surface area contributed by atoms with Crippen molar-refractivity contribution in [2.75, 3.05) is 0 Å². The second kappa shape index (κ2) is 10.7. The molecule has 0 amide bonds. The van der Waals surface area contributed by atoms with Crippen LogP contribution in [0.5, 0.6) is 0 Å². The van der Waals surface area contributed by atoms with E-state index in [-0.39, 0.29) is 0 Å². The first kappa shape index (κ1) is 27.0. The molecule has 0 aliphatic heterocycles. The van der Waals surface area contributed by atoms with E-state index in [4.69, 9.17) is 19.4 Å². The van der Waals surface area contributed by atoms with Gasteiger partial charge >= 0.3 is 0 Å². The molecular weight excluding hydrogens is 607 g/mol. The molecule has 0 saturated carbocycles. The number of thiophene rings is 1. The van der Waals surface area contributed by atoms with E-state index < -0.39 is 0 Å². The second-order valence-electron chi connectivity index (χ2n) is 12.0. The number of nitrogens with zero attached hydrogens (tertiary/aromatic N) is 3. The van der Waals surface area contributed by atoms with Gasteiger partial charge in [0, 0.05) is 58.6 Å². The Kier molecular flexibility index (Phi) is 6.01. The molecule has 0 unspecified atom stereocenters. The summed E-state index contributed by atoms with van der Waals surface area (Å²) in [5, 5.41) is 7.28. The maximum Gasteiger partial charge on any atom is 0.164 e. The smallest absolute Gasteiger partial charge is 0.164 e. The molecule has 7 aromatic carbocycles. The van der Waals surface area contributed by atoms with Gasteiger partial charge in [-0.25, -0.2) is 15.0 Å². The minimum Gasteiger partial charge on any atom is -0.455 e. The number of rotatable bonds is 4. The predicted octanol–water partition coefficient (Wildman–Crippen LogP) is 12.0. The minimum absolute atomic E-state index is 0.634. The van der Waals surface area contributed by atoms with E-state index in [1.54, 1.807) is 0 Å². The van der Waals surface area contributed by atoms with E-state index in [0.29, 0.717) is 17.5 Å². The lowest BCUT2D eigenvalue weighted by atomic mass is 9.98. The molecule has 10 rings (SSSR count). The number of fused-ring (bicyclic) bond motifs is 10. The zero-order valence-corrected chi connectivity index (χ0v) is 26.4. The van der Waals surface area contributed by atoms with Crippen LogP contribution >= 0.6 is 11.3 Å². The Morgan fingerprint density at radius 1 is 0.375 bits per heavy atom. The summed E-state index contributed by atoms with van der Waals surface area (Å²) >= 11 is 1.85. The predicted molar refractivity (Wildman–Crippen MR) is 199 cm³/mol. The van der Waals surface area contributed by atoms with Gasteiger partial charge in [-0.05, 0) is 17.0 Å². The Morgan fingerprint density at radius 2 is 0.896 bits per heavy atom. The van der Waals surface area contributed by atoms with Crippen molar-refractivity contribution in [2.24, 2.45) is 0 Å². The number of hydrogen-bond donors (Lipinski definition) is 0. The van der Waals surface area contributed by atoms with Crippen LogP contribution in [0.2, 0.25) is 0 Å². The highest BCUT2D eigenvalue weighted by Gasteiger charge is 2.21. The number of hydrogen-bond acceptors (Lipinski definition) is 5. The van der Waals surface area contributed by atoms with Crippen LogP contribution in [0.3, 0.4) is 0 Å². The molecule has 3 heterocycles. The van der Waals surface area contributed by atoms with Gasteiger partial charge in [0.2, 0.25) is 0 Å². The minimum atomic E-state index is 0.634. The molecule has 0 radical (unpaired) electrons. The summed E-state index contributed by atoms with van der Waals surface area (Å²) in [6, 6.07) is 52.4. The SMILES string of the molecule is c1ccc(-c2nc(-c3ccccc3)nc(-c3ccc(-c4cccc5c4oc4c6ccccc6c6c7ccccc7sc6c54)cc3)n2)cc1. The van der Waals surface area contributed by atoms with Crippen molar-refractivity contribution >= 4 is 64.2 Å². The van der Waals surface area contributed by atoms with Gasteiger partial charge in [0.1, 0.15) is 11.2 Å². The molecule has 5 heteroatoms. The van der Waals surface area contributed by atoms with Crippen LogP contribution in [0.25, 0.3) is 98.2 Å². The van der Waals surface area contributed by atoms with Crippen molar-refractivity contribution in [3.8, 4) is 45.3 Å². The van der Waals surface area contributed by atoms with Crippen molar-refractivity contribution in [2.45, 2.75) is 0 Å². The summed E-state index contributed by atoms with van der Waals surface area (Å²) in [6.45, 7) is 0. The Morgan fingerprint density at radius 3 is 1.56 bits per heavy atom. The van der Waals surface area contributed by atoms with Gasteiger partial charge in [0.25, 0.3) is 0 Å². The zero-order valence-electron chi connectivity index (χ0n) is 25.6. The zero-order chi connectivity index (χ0) is 31.6. The summed E-state index contributed by atoms with van der Waals surface area (Å²) in [6.07, 6.45) is 0. The van der Waals surface area contributed by atoms with Crippen molar-refractivity contribution in [1.29, 1.82) is 0 Å². The second-order valence-corrected chi connectivity index (χ2v) is 13.0. The quantitative estimate of drug-likeness (QED) is 0.194. The fourth-order valence-electron chi connectivity index (χ4n) is 6.89. The lowest BCUT2D eigenvalue weighted by Crippen LogP contribution is -2.00. The highest BCUT2D eigenvalue weighted by molar-refractivity contribution is 7.27. The molecule has 0 bridgehead atoms. The third kappa shape index (κ3) is 4.18. The third-order valence-electron chi connectivity index (χ3n) is 9.13. The standard InChI is InChI=1S/C43H25N3OS/c1-3-12-27(13-4-1)41-44-42(28-14-5-2-6-15-28)46-43(45-41)29-24-22-26(23-25-29)30-19-11-20-34-37-39(47-38(30)34)32-17-8-7-16-31(32)36-33-18-9-10-21-35(33)48-40(36)37/h1-25H. The monoisotopic (exact) mass is 631 g/mol. The largest absolute Gasteiger partial charge is 0.455 e. The van der Waals surface area contributed by atoms with Crippen molar-refractivity contribution in [1.82, 2.24) is 15.0 Å². The van der Waals surface area contributed by atoms with E-state index in [9.17, 15) is 0 Å². The van der Waals surface area contributed by atoms with Crippen molar-refractivity contribution in [3.05, 3.63) is 152 Å². The summed E-state index contributed by atoms with van der Waals surface area (Å²) in [7, 11) is 0. The fourth-order valence-corrected chi connectivity index (χ4v) is 8.16. The topological polar surface area (TPSA) is 51.8 Å². The lowest BCUT2D eigenvalue weighted by molar-refractivity contribution is 0.674. The van der Waals surface area contributed by atoms with E-state index in [2.05, 4.69) is 91.0 Å². The van der Waals surface area contributed by atoms with Gasteiger partial charge in [-0.1, -0.05) is 146 Å². The maximum atomic E-state index is 6.87. The van der Waals surface area contributed by atoms with E-state index >= 15 is 0 Å². The van der Waals surface area contributed by atoms with Gasteiger partial charge in [0.05, 0.1) is 0 Å². The van der Waals surface area contributed by atoms with E-state index in [1.165, 1.54) is 30.9 Å². The van der Waals surface area contributed by atoms with Crippen LogP contribution in [0.4, 0.5) is 0 Å². The third-order valence-corrected chi connectivity index (χ3v) is 10.3. The summed E-state index contributed by atoms with van der Waals surface area (Å²) < 4.78 is 9.43. The van der Waals surface area contributed by atoms with Crippen LogP contribution in [0, 0.1) is 0 Å². The Labute approximate surface area is 279 Å². The number of benzene rings is 7. The Balaban J connectivity index is 1.14. The van der Waals surface area contributed by atoms with Crippen molar-refractivity contribution < 1.29 is 4.42 Å². The molecule has 0 aliphatic carbocycles. The average Bonchev–Trinajstić information content (AvgIpc) is 3.75. The number of furan rings is 1. The van der Waals surface area contributed by atoms with E-state index in [0.717, 1.165) is 49.8 Å². The van der Waals surface area contributed by atoms with Crippen LogP contribution in [-0.4, -0.2) is 15.0 Å². The fraction of sp³-hybridized carbons (Fsp3) is 0. The Hall–Kier alpha value is -6.17. The first-order valence-corrected chi connectivity index (χ1v) is 16.8. The van der Waals surface area contributed by atoms with Gasteiger partial charge < -0.3 is 4.42 Å². The molecule has 10 aromatic rings. The number of para-hydroxylation sites is 1. The highest BCUT2D eigenvalue weighted by atomic mass is 32.1. The molecule has 0 fully saturated rings. The Bertz CT molecular complexity index is 2760. The highest BCUT2D eigenvalue weighted by Crippen LogP contribution is 2.48. The molecule has 48 heavy (non-hydrogen) atoms. The van der Waals surface area contributed by atoms with Crippen LogP contribution < -0.4 is 0 Å². The molecule has 3 aromatic heterocycles. The molecule has 0 N–H and O–H groups in total. The molecule has 0 aliphatic rings. The maximum absolute atomic E-state index is 6.87. The molecule has 4 nitrogen and oxygen atoms in total. The van der Waals surface area contributed by atoms with Gasteiger partial charge in [-0.3, -0.25) is 0 Å². The molecule has 0 spiro atoms. The summed E-state index contributed by atoms with van der Waals surface area (Å²) in [5.74, 6) is 1.93. The lowest BCUT2D eigenvalue weighted by Gasteiger charge is -2.09. The molecular formula is C43H25N3OS. The normalized spacial score (nSPS) is 11.8. The molecule has 0 saturated heterocycles. The average molecular weight is 632 g/mol. The van der Waals surface area contributed by atoms with Gasteiger partial charge in [-0.15, -0.1) is 11.3 Å². The summed E-state index contributed by atoms with van der Waals surface area (Å²) in [4.78, 5) is 14.7. The van der Waals surface area contributed by atoms with Crippen molar-refractivity contribution in [3.63, 3.8) is 0 Å². The van der Waals surface area contributed by atoms with Crippen LogP contribution in [0.15, 0.2) is 156 Å². The first-order chi connectivity index (χ1) is 23.8. The first-order valence-electron chi connectivity index (χ1n) is 15.9. The van der Waals surface area contributed by atoms with Crippen LogP contribution in [0.1, 0.15) is 0 Å². The van der Waals surface area contributed by atoms with Gasteiger partial charge in [0.15, 0.2) is 17.5 Å².